The zero-order chi connectivity index (χ0) is 33.4. The van der Waals surface area contributed by atoms with Gasteiger partial charge in [0.2, 0.25) is 5.91 Å². The van der Waals surface area contributed by atoms with Crippen molar-refractivity contribution in [1.82, 2.24) is 4.90 Å². The van der Waals surface area contributed by atoms with E-state index in [9.17, 15) is 14.7 Å². The van der Waals surface area contributed by atoms with E-state index in [1.165, 1.54) is 20.0 Å². The topological polar surface area (TPSA) is 130 Å². The van der Waals surface area contributed by atoms with Crippen LogP contribution in [0, 0.1) is 45.8 Å². The monoisotopic (exact) mass is 660 g/mol. The van der Waals surface area contributed by atoms with Crippen molar-refractivity contribution in [3.8, 4) is 0 Å². The van der Waals surface area contributed by atoms with E-state index in [0.717, 1.165) is 57.8 Å². The first-order chi connectivity index (χ1) is 22.3. The van der Waals surface area contributed by atoms with Gasteiger partial charge in [-0.3, -0.25) is 4.79 Å². The number of aliphatic hydroxyl groups excluding tert-OH is 1. The Balaban J connectivity index is 1.06. The van der Waals surface area contributed by atoms with Crippen molar-refractivity contribution < 1.29 is 38.4 Å². The second kappa shape index (κ2) is 12.4. The van der Waals surface area contributed by atoms with Crippen LogP contribution in [0.1, 0.15) is 105 Å². The van der Waals surface area contributed by atoms with Crippen molar-refractivity contribution in [1.29, 1.82) is 0 Å². The molecule has 12 atom stereocenters. The van der Waals surface area contributed by atoms with Gasteiger partial charge in [0.15, 0.2) is 6.29 Å². The summed E-state index contributed by atoms with van der Waals surface area (Å²) in [4.78, 5) is 26.5. The lowest BCUT2D eigenvalue weighted by Gasteiger charge is -2.66. The number of ether oxygens (including phenoxy) is 5. The van der Waals surface area contributed by atoms with E-state index in [0.29, 0.717) is 38.0 Å². The molecule has 0 aromatic carbocycles. The first-order valence-electron chi connectivity index (χ1n) is 18.7. The summed E-state index contributed by atoms with van der Waals surface area (Å²) >= 11 is 0. The number of amides is 1. The minimum Gasteiger partial charge on any atom is -0.438 e. The molecular formula is C37H60N2O8. The lowest BCUT2D eigenvalue weighted by Crippen LogP contribution is -2.71. The van der Waals surface area contributed by atoms with Gasteiger partial charge in [-0.1, -0.05) is 34.1 Å². The van der Waals surface area contributed by atoms with E-state index in [1.54, 1.807) is 0 Å². The highest BCUT2D eigenvalue weighted by molar-refractivity contribution is 5.76. The number of morpholine rings is 1. The van der Waals surface area contributed by atoms with Crippen molar-refractivity contribution in [2.45, 2.75) is 141 Å². The average molecular weight is 661 g/mol. The summed E-state index contributed by atoms with van der Waals surface area (Å²) in [6.45, 7) is 11.2. The summed E-state index contributed by atoms with van der Waals surface area (Å²) in [6, 6.07) is 0. The van der Waals surface area contributed by atoms with Crippen LogP contribution in [0.25, 0.3) is 0 Å². The fourth-order valence-corrected chi connectivity index (χ4v) is 12.0. The van der Waals surface area contributed by atoms with Crippen LogP contribution >= 0.6 is 0 Å². The maximum atomic E-state index is 12.9. The molecule has 2 aliphatic heterocycles. The zero-order valence-electron chi connectivity index (χ0n) is 29.4. The molecule has 47 heavy (non-hydrogen) atoms. The van der Waals surface area contributed by atoms with Gasteiger partial charge in [-0.15, -0.1) is 0 Å². The van der Waals surface area contributed by atoms with E-state index < -0.39 is 17.8 Å². The van der Waals surface area contributed by atoms with E-state index in [2.05, 4.69) is 32.4 Å². The number of methoxy groups -OCH3 is 1. The van der Waals surface area contributed by atoms with Gasteiger partial charge < -0.3 is 39.4 Å². The fraction of sp³-hybridized carbons (Fsp3) is 0.946. The molecule has 2 heterocycles. The molecule has 7 aliphatic rings. The molecular weight excluding hydrogens is 600 g/mol. The third-order valence-electron chi connectivity index (χ3n) is 14.8. The van der Waals surface area contributed by atoms with Gasteiger partial charge >= 0.3 is 6.16 Å². The van der Waals surface area contributed by atoms with E-state index in [1.807, 2.05) is 4.90 Å². The summed E-state index contributed by atoms with van der Waals surface area (Å²) in [5.74, 6) is 1.96. The molecule has 266 valence electrons. The standard InChI is InChI=1S/C37H60N2O8/c1-22-17-25(21-45-33(42)43-5)46-31-30(22)35(4)13-14-36-12-6-7-27(47-29-20-39(15-16-44-29)28(40)18-23-8-9-23)34(2,3)24(19-36)10-11-26(36)37(35,38)32(31)41/h22-27,29-32,41H,6-21,38H2,1-5H3/t22-,24-,25?,26?,27+,29+,30+,31?,32+,35-,36-,37+/m1/s1. The second-order valence-corrected chi connectivity index (χ2v) is 17.5. The highest BCUT2D eigenvalue weighted by atomic mass is 16.7. The molecule has 5 saturated carbocycles. The van der Waals surface area contributed by atoms with Crippen molar-refractivity contribution in [2.24, 2.45) is 51.6 Å². The van der Waals surface area contributed by atoms with Crippen LogP contribution in [-0.2, 0) is 28.5 Å². The molecule has 0 radical (unpaired) electrons. The Morgan fingerprint density at radius 1 is 1.06 bits per heavy atom. The van der Waals surface area contributed by atoms with Crippen LogP contribution in [0.3, 0.4) is 0 Å². The Hall–Kier alpha value is -1.46. The molecule has 1 spiro atoms. The molecule has 5 aliphatic carbocycles. The van der Waals surface area contributed by atoms with Gasteiger partial charge in [-0.25, -0.2) is 4.79 Å². The summed E-state index contributed by atoms with van der Waals surface area (Å²) in [5, 5.41) is 12.3. The molecule has 3 N–H and O–H groups in total. The van der Waals surface area contributed by atoms with E-state index in [4.69, 9.17) is 24.7 Å². The molecule has 2 saturated heterocycles. The summed E-state index contributed by atoms with van der Waals surface area (Å²) in [6.07, 6.45) is 9.71. The quantitative estimate of drug-likeness (QED) is 0.377. The molecule has 2 bridgehead atoms. The highest BCUT2D eigenvalue weighted by Crippen LogP contribution is 2.71. The predicted molar refractivity (Wildman–Crippen MR) is 174 cm³/mol. The maximum Gasteiger partial charge on any atom is 0.508 e. The Labute approximate surface area is 281 Å². The van der Waals surface area contributed by atoms with Crippen LogP contribution in [0.5, 0.6) is 0 Å². The number of fused-ring (bicyclic) bond motifs is 5. The molecule has 1 amide bonds. The molecule has 10 nitrogen and oxygen atoms in total. The number of nitrogens with two attached hydrogens (primary N) is 1. The van der Waals surface area contributed by atoms with Gasteiger partial charge in [0, 0.05) is 13.0 Å². The largest absolute Gasteiger partial charge is 0.508 e. The number of hydrogen-bond donors (Lipinski definition) is 2. The number of rotatable bonds is 6. The SMILES string of the molecule is COC(=O)OCC1C[C@@H](C)[C@H]2C(O1)[C@H](O)[C@@]1(N)C3CC[C@@H]4C[C@@]3(CCC[C@H](O[C@H]3CN(C(=O)CC5CC5)CCO3)C4(C)C)CC[C@]21C. The summed E-state index contributed by atoms with van der Waals surface area (Å²) in [5.41, 5.74) is 6.75. The van der Waals surface area contributed by atoms with Crippen molar-refractivity contribution in [3.63, 3.8) is 0 Å². The van der Waals surface area contributed by atoms with Gasteiger partial charge in [0.25, 0.3) is 0 Å². The predicted octanol–water partition coefficient (Wildman–Crippen LogP) is 5.03. The van der Waals surface area contributed by atoms with Gasteiger partial charge in [-0.2, -0.15) is 0 Å². The lowest BCUT2D eigenvalue weighted by molar-refractivity contribution is -0.237. The third kappa shape index (κ3) is 5.64. The van der Waals surface area contributed by atoms with Crippen LogP contribution in [0.15, 0.2) is 0 Å². The Bertz CT molecular complexity index is 1190. The first-order valence-corrected chi connectivity index (χ1v) is 18.7. The fourth-order valence-electron chi connectivity index (χ4n) is 12.0. The number of carbonyl (C=O) groups excluding carboxylic acids is 2. The molecule has 7 fully saturated rings. The second-order valence-electron chi connectivity index (χ2n) is 17.5. The zero-order valence-corrected chi connectivity index (χ0v) is 29.4. The number of aliphatic hydroxyl groups is 1. The molecule has 0 aromatic heterocycles. The Morgan fingerprint density at radius 2 is 1.85 bits per heavy atom. The van der Waals surface area contributed by atoms with Gasteiger partial charge in [0.1, 0.15) is 6.61 Å². The first kappa shape index (κ1) is 34.0. The number of carbonyl (C=O) groups is 2. The van der Waals surface area contributed by atoms with E-state index >= 15 is 0 Å². The minimum absolute atomic E-state index is 0.0582. The number of nitrogens with zero attached hydrogens (tertiary/aromatic N) is 1. The summed E-state index contributed by atoms with van der Waals surface area (Å²) < 4.78 is 29.5. The van der Waals surface area contributed by atoms with Crippen LogP contribution in [-0.4, -0.2) is 91.7 Å². The van der Waals surface area contributed by atoms with Crippen LogP contribution in [0.2, 0.25) is 0 Å². The normalized spacial score (nSPS) is 47.5. The minimum atomic E-state index is -0.775. The molecule has 7 rings (SSSR count). The molecule has 3 unspecified atom stereocenters. The van der Waals surface area contributed by atoms with Crippen LogP contribution < -0.4 is 5.73 Å². The third-order valence-corrected chi connectivity index (χ3v) is 14.8. The Morgan fingerprint density at radius 3 is 2.60 bits per heavy atom. The Kier molecular flexibility index (Phi) is 8.97. The maximum absolute atomic E-state index is 12.9. The van der Waals surface area contributed by atoms with Gasteiger partial charge in [-0.05, 0) is 110 Å². The van der Waals surface area contributed by atoms with Crippen LogP contribution in [0.4, 0.5) is 4.79 Å². The number of hydrogen-bond acceptors (Lipinski definition) is 9. The summed E-state index contributed by atoms with van der Waals surface area (Å²) in [7, 11) is 1.31. The van der Waals surface area contributed by atoms with Gasteiger partial charge in [0.05, 0.1) is 50.2 Å². The van der Waals surface area contributed by atoms with E-state index in [-0.39, 0.29) is 71.1 Å². The average Bonchev–Trinajstić information content (AvgIpc) is 3.85. The van der Waals surface area contributed by atoms with Crippen molar-refractivity contribution in [3.05, 3.63) is 0 Å². The van der Waals surface area contributed by atoms with Crippen molar-refractivity contribution in [2.75, 3.05) is 33.4 Å². The molecule has 10 heteroatoms. The van der Waals surface area contributed by atoms with Crippen molar-refractivity contribution >= 4 is 12.1 Å². The highest BCUT2D eigenvalue weighted by Gasteiger charge is 2.75. The molecule has 0 aromatic rings. The smallest absolute Gasteiger partial charge is 0.438 e. The lowest BCUT2D eigenvalue weighted by atomic mass is 9.41.